The molecule has 0 spiro atoms. The number of anilines is 1. The molecule has 1 amide bonds. The van der Waals surface area contributed by atoms with Gasteiger partial charge in [0.15, 0.2) is 0 Å². The summed E-state index contributed by atoms with van der Waals surface area (Å²) in [5.74, 6) is -0.0340. The Kier molecular flexibility index (Phi) is 5.16. The number of hydrogen-bond acceptors (Lipinski definition) is 4. The molecular weight excluding hydrogens is 292 g/mol. The van der Waals surface area contributed by atoms with E-state index in [0.29, 0.717) is 16.5 Å². The van der Waals surface area contributed by atoms with E-state index in [1.165, 1.54) is 20.2 Å². The monoisotopic (exact) mass is 306 g/mol. The van der Waals surface area contributed by atoms with E-state index in [9.17, 15) is 13.2 Å². The first-order chi connectivity index (χ1) is 8.74. The van der Waals surface area contributed by atoms with Crippen LogP contribution in [0.25, 0.3) is 0 Å². The van der Waals surface area contributed by atoms with Crippen molar-refractivity contribution >= 4 is 33.2 Å². The van der Waals surface area contributed by atoms with Crippen molar-refractivity contribution in [2.24, 2.45) is 0 Å². The van der Waals surface area contributed by atoms with Crippen LogP contribution in [0.4, 0.5) is 5.69 Å². The number of ether oxygens (including phenoxy) is 1. The number of methoxy groups -OCH3 is 1. The lowest BCUT2D eigenvalue weighted by Gasteiger charge is -2.15. The molecule has 0 aliphatic carbocycles. The van der Waals surface area contributed by atoms with Gasteiger partial charge in [0.1, 0.15) is 5.75 Å². The number of hydrogen-bond donors (Lipinski definition) is 1. The highest BCUT2D eigenvalue weighted by Gasteiger charge is 2.16. The van der Waals surface area contributed by atoms with E-state index in [4.69, 9.17) is 16.3 Å². The molecule has 0 bridgehead atoms. The zero-order valence-electron chi connectivity index (χ0n) is 10.8. The lowest BCUT2D eigenvalue weighted by atomic mass is 10.3. The van der Waals surface area contributed by atoms with Crippen LogP contribution >= 0.6 is 11.6 Å². The average Bonchev–Trinajstić information content (AvgIpc) is 2.27. The molecule has 0 aliphatic heterocycles. The Morgan fingerprint density at radius 3 is 2.63 bits per heavy atom. The number of carbonyl (C=O) groups is 1. The van der Waals surface area contributed by atoms with Crippen molar-refractivity contribution in [2.45, 2.75) is 0 Å². The fourth-order valence-corrected chi connectivity index (χ4v) is 1.81. The number of rotatable bonds is 5. The van der Waals surface area contributed by atoms with Crippen molar-refractivity contribution in [2.75, 3.05) is 32.3 Å². The van der Waals surface area contributed by atoms with Crippen LogP contribution in [0, 0.1) is 0 Å². The third-order valence-corrected chi connectivity index (χ3v) is 3.86. The van der Waals surface area contributed by atoms with Gasteiger partial charge in [-0.05, 0) is 18.2 Å². The summed E-state index contributed by atoms with van der Waals surface area (Å²) in [7, 11) is -0.615. The maximum absolute atomic E-state index is 11.7. The number of carbonyl (C=O) groups excluding carboxylic acids is 1. The predicted octanol–water partition coefficient (Wildman–Crippen LogP) is 1.18. The zero-order valence-corrected chi connectivity index (χ0v) is 12.4. The first kappa shape index (κ1) is 15.7. The number of nitrogens with one attached hydrogen (secondary N) is 1. The second-order valence-electron chi connectivity index (χ2n) is 3.91. The lowest BCUT2D eigenvalue weighted by Crippen LogP contribution is -2.34. The van der Waals surface area contributed by atoms with E-state index in [0.717, 1.165) is 10.6 Å². The van der Waals surface area contributed by atoms with Gasteiger partial charge in [-0.2, -0.15) is 4.31 Å². The normalized spacial score (nSPS) is 11.4. The van der Waals surface area contributed by atoms with Crippen molar-refractivity contribution < 1.29 is 17.9 Å². The van der Waals surface area contributed by atoms with E-state index < -0.39 is 15.9 Å². The molecule has 0 unspecified atom stereocenters. The average molecular weight is 307 g/mol. The van der Waals surface area contributed by atoms with E-state index in [2.05, 4.69) is 5.32 Å². The molecule has 0 heterocycles. The lowest BCUT2D eigenvalue weighted by molar-refractivity contribution is -0.116. The summed E-state index contributed by atoms with van der Waals surface area (Å²) >= 11 is 5.82. The summed E-state index contributed by atoms with van der Waals surface area (Å²) in [4.78, 5) is 11.7. The number of halogens is 1. The molecule has 8 heteroatoms. The van der Waals surface area contributed by atoms with Crippen LogP contribution in [0.2, 0.25) is 5.02 Å². The molecule has 1 N–H and O–H groups in total. The van der Waals surface area contributed by atoms with Gasteiger partial charge in [-0.3, -0.25) is 4.79 Å². The molecule has 0 aliphatic rings. The van der Waals surface area contributed by atoms with Gasteiger partial charge in [0.05, 0.1) is 25.6 Å². The number of nitrogens with zero attached hydrogens (tertiary/aromatic N) is 1. The van der Waals surface area contributed by atoms with Crippen LogP contribution in [0.5, 0.6) is 5.75 Å². The molecule has 0 saturated heterocycles. The van der Waals surface area contributed by atoms with Gasteiger partial charge in [0.25, 0.3) is 0 Å². The minimum Gasteiger partial charge on any atom is -0.495 e. The van der Waals surface area contributed by atoms with E-state index in [-0.39, 0.29) is 6.54 Å². The second-order valence-corrected chi connectivity index (χ2v) is 6.44. The fourth-order valence-electron chi connectivity index (χ4n) is 1.29. The predicted molar refractivity (Wildman–Crippen MR) is 74.1 cm³/mol. The third-order valence-electron chi connectivity index (χ3n) is 2.37. The highest BCUT2D eigenvalue weighted by molar-refractivity contribution is 7.88. The summed E-state index contributed by atoms with van der Waals surface area (Å²) < 4.78 is 28.4. The number of benzene rings is 1. The van der Waals surface area contributed by atoms with Crippen LogP contribution in [0.3, 0.4) is 0 Å². The minimum absolute atomic E-state index is 0.283. The molecule has 0 saturated carbocycles. The van der Waals surface area contributed by atoms with Gasteiger partial charge in [-0.15, -0.1) is 0 Å². The maximum Gasteiger partial charge on any atom is 0.239 e. The number of likely N-dealkylation sites (N-methyl/N-ethyl adjacent to an activating group) is 1. The topological polar surface area (TPSA) is 75.7 Å². The number of sulfonamides is 1. The quantitative estimate of drug-likeness (QED) is 0.886. The Hall–Kier alpha value is -1.31. The Balaban J connectivity index is 2.80. The summed E-state index contributed by atoms with van der Waals surface area (Å²) in [6.45, 7) is -0.283. The summed E-state index contributed by atoms with van der Waals surface area (Å²) in [6.07, 6.45) is 1.03. The van der Waals surface area contributed by atoms with Crippen LogP contribution in [-0.2, 0) is 14.8 Å². The van der Waals surface area contributed by atoms with Crippen LogP contribution < -0.4 is 10.1 Å². The summed E-state index contributed by atoms with van der Waals surface area (Å²) in [6, 6.07) is 4.76. The largest absolute Gasteiger partial charge is 0.495 e. The molecular formula is C11H15ClN2O4S. The molecule has 106 valence electrons. The van der Waals surface area contributed by atoms with Crippen LogP contribution in [0.1, 0.15) is 0 Å². The smallest absolute Gasteiger partial charge is 0.239 e. The Morgan fingerprint density at radius 2 is 2.11 bits per heavy atom. The van der Waals surface area contributed by atoms with Crippen LogP contribution in [0.15, 0.2) is 18.2 Å². The van der Waals surface area contributed by atoms with Gasteiger partial charge in [0, 0.05) is 12.1 Å². The van der Waals surface area contributed by atoms with Gasteiger partial charge in [-0.25, -0.2) is 8.42 Å². The van der Waals surface area contributed by atoms with Crippen molar-refractivity contribution in [3.05, 3.63) is 23.2 Å². The van der Waals surface area contributed by atoms with E-state index in [1.807, 2.05) is 0 Å². The van der Waals surface area contributed by atoms with Gasteiger partial charge in [0.2, 0.25) is 15.9 Å². The fraction of sp³-hybridized carbons (Fsp3) is 0.364. The SMILES string of the molecule is COc1ccc(Cl)cc1NC(=O)CN(C)S(C)(=O)=O. The van der Waals surface area contributed by atoms with Crippen molar-refractivity contribution in [3.63, 3.8) is 0 Å². The molecule has 19 heavy (non-hydrogen) atoms. The maximum atomic E-state index is 11.7. The molecule has 1 aromatic rings. The first-order valence-corrected chi connectivity index (χ1v) is 7.51. The molecule has 0 aromatic heterocycles. The van der Waals surface area contributed by atoms with Crippen LogP contribution in [-0.4, -0.2) is 45.6 Å². The number of amides is 1. The zero-order chi connectivity index (χ0) is 14.6. The van der Waals surface area contributed by atoms with Crippen molar-refractivity contribution in [3.8, 4) is 5.75 Å². The standard InChI is InChI=1S/C11H15ClN2O4S/c1-14(19(3,16)17)7-11(15)13-9-6-8(12)4-5-10(9)18-2/h4-6H,7H2,1-3H3,(H,13,15). The van der Waals surface area contributed by atoms with Gasteiger partial charge >= 0.3 is 0 Å². The highest BCUT2D eigenvalue weighted by atomic mass is 35.5. The third kappa shape index (κ3) is 4.70. The molecule has 0 fully saturated rings. The molecule has 1 rings (SSSR count). The van der Waals surface area contributed by atoms with E-state index >= 15 is 0 Å². The summed E-state index contributed by atoms with van der Waals surface area (Å²) in [5, 5.41) is 2.99. The Morgan fingerprint density at radius 1 is 1.47 bits per heavy atom. The highest BCUT2D eigenvalue weighted by Crippen LogP contribution is 2.27. The molecule has 0 atom stereocenters. The van der Waals surface area contributed by atoms with Gasteiger partial charge in [-0.1, -0.05) is 11.6 Å². The minimum atomic E-state index is -3.40. The first-order valence-electron chi connectivity index (χ1n) is 5.28. The van der Waals surface area contributed by atoms with Gasteiger partial charge < -0.3 is 10.1 Å². The Bertz CT molecular complexity index is 574. The molecule has 1 aromatic carbocycles. The van der Waals surface area contributed by atoms with E-state index in [1.54, 1.807) is 12.1 Å². The Labute approximate surface area is 117 Å². The second kappa shape index (κ2) is 6.23. The summed E-state index contributed by atoms with van der Waals surface area (Å²) in [5.41, 5.74) is 0.391. The molecule has 0 radical (unpaired) electrons. The molecule has 6 nitrogen and oxygen atoms in total. The van der Waals surface area contributed by atoms with Crippen molar-refractivity contribution in [1.82, 2.24) is 4.31 Å². The van der Waals surface area contributed by atoms with Crippen molar-refractivity contribution in [1.29, 1.82) is 0 Å².